The van der Waals surface area contributed by atoms with E-state index in [9.17, 15) is 0 Å². The molecule has 2 aromatic heterocycles. The highest BCUT2D eigenvalue weighted by atomic mass is 14.9. The van der Waals surface area contributed by atoms with Gasteiger partial charge in [-0.2, -0.15) is 4.57 Å². The van der Waals surface area contributed by atoms with Crippen LogP contribution in [0.1, 0.15) is 18.9 Å². The molecular weight excluding hydrogens is 256 g/mol. The third-order valence-electron chi connectivity index (χ3n) is 3.59. The van der Waals surface area contributed by atoms with Crippen LogP contribution in [-0.2, 0) is 6.42 Å². The first-order valence-corrected chi connectivity index (χ1v) is 7.38. The zero-order chi connectivity index (χ0) is 14.5. The van der Waals surface area contributed by atoms with Crippen molar-refractivity contribution >= 4 is 0 Å². The van der Waals surface area contributed by atoms with Crippen LogP contribution in [0.25, 0.3) is 16.8 Å². The summed E-state index contributed by atoms with van der Waals surface area (Å²) >= 11 is 0. The number of nitrogens with zero attached hydrogens (tertiary/aromatic N) is 2. The maximum absolute atomic E-state index is 4.06. The maximum atomic E-state index is 4.06. The number of hydrogen-bond donors (Lipinski definition) is 0. The van der Waals surface area contributed by atoms with E-state index in [1.54, 1.807) is 0 Å². The van der Waals surface area contributed by atoms with E-state index in [2.05, 4.69) is 65.3 Å². The van der Waals surface area contributed by atoms with Crippen molar-refractivity contribution in [3.8, 4) is 16.8 Å². The van der Waals surface area contributed by atoms with Crippen LogP contribution in [0, 0.1) is 0 Å². The topological polar surface area (TPSA) is 16.8 Å². The van der Waals surface area contributed by atoms with Gasteiger partial charge in [0.1, 0.15) is 0 Å². The SMILES string of the molecule is CCCc1cccc(-[n+]2ccc(-c3ccncc3)cc2)c1. The molecule has 21 heavy (non-hydrogen) atoms. The summed E-state index contributed by atoms with van der Waals surface area (Å²) in [5.74, 6) is 0. The Morgan fingerprint density at radius 3 is 2.33 bits per heavy atom. The van der Waals surface area contributed by atoms with Crippen molar-refractivity contribution in [1.29, 1.82) is 0 Å². The molecule has 0 fully saturated rings. The molecule has 1 aromatic carbocycles. The second-order valence-electron chi connectivity index (χ2n) is 5.15. The second-order valence-corrected chi connectivity index (χ2v) is 5.15. The number of hydrogen-bond acceptors (Lipinski definition) is 1. The van der Waals surface area contributed by atoms with Gasteiger partial charge in [0, 0.05) is 36.7 Å². The normalized spacial score (nSPS) is 10.5. The van der Waals surface area contributed by atoms with E-state index in [0.717, 1.165) is 6.42 Å². The highest BCUT2D eigenvalue weighted by molar-refractivity contribution is 5.61. The summed E-state index contributed by atoms with van der Waals surface area (Å²) in [5, 5.41) is 0. The minimum Gasteiger partial charge on any atom is -0.265 e. The van der Waals surface area contributed by atoms with Gasteiger partial charge in [-0.25, -0.2) is 0 Å². The van der Waals surface area contributed by atoms with Gasteiger partial charge in [0.25, 0.3) is 0 Å². The predicted octanol–water partition coefficient (Wildman–Crippen LogP) is 3.98. The van der Waals surface area contributed by atoms with E-state index in [4.69, 9.17) is 0 Å². The monoisotopic (exact) mass is 275 g/mol. The smallest absolute Gasteiger partial charge is 0.210 e. The van der Waals surface area contributed by atoms with E-state index in [1.807, 2.05) is 24.5 Å². The quantitative estimate of drug-likeness (QED) is 0.658. The van der Waals surface area contributed by atoms with Crippen molar-refractivity contribution in [3.05, 3.63) is 78.9 Å². The third-order valence-corrected chi connectivity index (χ3v) is 3.59. The summed E-state index contributed by atoms with van der Waals surface area (Å²) in [6.45, 7) is 2.21. The van der Waals surface area contributed by atoms with Gasteiger partial charge >= 0.3 is 0 Å². The molecule has 0 aliphatic rings. The minimum atomic E-state index is 1.13. The molecule has 0 atom stereocenters. The molecule has 0 spiro atoms. The summed E-state index contributed by atoms with van der Waals surface area (Å²) < 4.78 is 2.16. The van der Waals surface area contributed by atoms with Crippen LogP contribution in [-0.4, -0.2) is 4.98 Å². The third kappa shape index (κ3) is 3.16. The Balaban J connectivity index is 1.89. The molecule has 0 amide bonds. The summed E-state index contributed by atoms with van der Waals surface area (Å²) in [5.41, 5.74) is 5.00. The Morgan fingerprint density at radius 1 is 0.905 bits per heavy atom. The molecule has 0 bridgehead atoms. The molecule has 0 saturated heterocycles. The van der Waals surface area contributed by atoms with Crippen molar-refractivity contribution < 1.29 is 4.57 Å². The van der Waals surface area contributed by atoms with Crippen molar-refractivity contribution in [2.24, 2.45) is 0 Å². The molecule has 0 aliphatic carbocycles. The molecule has 2 nitrogen and oxygen atoms in total. The average Bonchev–Trinajstić information content (AvgIpc) is 2.56. The Kier molecular flexibility index (Phi) is 4.06. The molecule has 3 aromatic rings. The summed E-state index contributed by atoms with van der Waals surface area (Å²) in [6, 6.07) is 17.1. The van der Waals surface area contributed by atoms with Crippen LogP contribution in [0.15, 0.2) is 73.3 Å². The lowest BCUT2D eigenvalue weighted by atomic mass is 10.1. The van der Waals surface area contributed by atoms with Crippen LogP contribution in [0.3, 0.4) is 0 Å². The van der Waals surface area contributed by atoms with E-state index in [0.29, 0.717) is 0 Å². The lowest BCUT2D eigenvalue weighted by Gasteiger charge is -2.02. The Labute approximate surface area is 125 Å². The van der Waals surface area contributed by atoms with Crippen molar-refractivity contribution in [3.63, 3.8) is 0 Å². The number of benzene rings is 1. The molecule has 0 radical (unpaired) electrons. The van der Waals surface area contributed by atoms with Crippen molar-refractivity contribution in [2.75, 3.05) is 0 Å². The molecular formula is C19H19N2+. The molecule has 3 rings (SSSR count). The minimum absolute atomic E-state index is 1.13. The molecule has 0 N–H and O–H groups in total. The fourth-order valence-corrected chi connectivity index (χ4v) is 2.50. The first-order valence-electron chi connectivity index (χ1n) is 7.38. The zero-order valence-corrected chi connectivity index (χ0v) is 12.2. The van der Waals surface area contributed by atoms with Crippen LogP contribution < -0.4 is 4.57 Å². The van der Waals surface area contributed by atoms with E-state index >= 15 is 0 Å². The molecule has 0 unspecified atom stereocenters. The Morgan fingerprint density at radius 2 is 1.62 bits per heavy atom. The van der Waals surface area contributed by atoms with Crippen LogP contribution >= 0.6 is 0 Å². The summed E-state index contributed by atoms with van der Waals surface area (Å²) in [7, 11) is 0. The molecule has 104 valence electrons. The van der Waals surface area contributed by atoms with Gasteiger partial charge in [-0.15, -0.1) is 0 Å². The fourth-order valence-electron chi connectivity index (χ4n) is 2.50. The standard InChI is InChI=1S/C19H19N2/c1-2-4-16-5-3-6-19(15-16)21-13-9-18(10-14-21)17-7-11-20-12-8-17/h3,5-15H,2,4H2,1H3/q+1. The van der Waals surface area contributed by atoms with E-state index < -0.39 is 0 Å². The highest BCUT2D eigenvalue weighted by Gasteiger charge is 2.07. The number of aromatic nitrogens is 2. The summed E-state index contributed by atoms with van der Waals surface area (Å²) in [4.78, 5) is 4.06. The fraction of sp³-hybridized carbons (Fsp3) is 0.158. The zero-order valence-electron chi connectivity index (χ0n) is 12.2. The van der Waals surface area contributed by atoms with Gasteiger partial charge in [-0.05, 0) is 35.2 Å². The lowest BCUT2D eigenvalue weighted by molar-refractivity contribution is -0.595. The largest absolute Gasteiger partial charge is 0.265 e. The predicted molar refractivity (Wildman–Crippen MR) is 85.2 cm³/mol. The Bertz CT molecular complexity index is 703. The van der Waals surface area contributed by atoms with E-state index in [-0.39, 0.29) is 0 Å². The molecule has 2 heteroatoms. The van der Waals surface area contributed by atoms with Gasteiger partial charge in [-0.3, -0.25) is 4.98 Å². The maximum Gasteiger partial charge on any atom is 0.210 e. The van der Waals surface area contributed by atoms with Crippen LogP contribution in [0.2, 0.25) is 0 Å². The van der Waals surface area contributed by atoms with E-state index in [1.165, 1.54) is 28.8 Å². The Hall–Kier alpha value is -2.48. The van der Waals surface area contributed by atoms with Gasteiger partial charge in [0.2, 0.25) is 5.69 Å². The first kappa shape index (κ1) is 13.5. The highest BCUT2D eigenvalue weighted by Crippen LogP contribution is 2.16. The van der Waals surface area contributed by atoms with Crippen LogP contribution in [0.5, 0.6) is 0 Å². The second kappa shape index (κ2) is 6.31. The van der Waals surface area contributed by atoms with Crippen molar-refractivity contribution in [1.82, 2.24) is 4.98 Å². The number of rotatable bonds is 4. The lowest BCUT2D eigenvalue weighted by Crippen LogP contribution is -2.29. The van der Waals surface area contributed by atoms with Gasteiger partial charge in [-0.1, -0.05) is 25.5 Å². The van der Waals surface area contributed by atoms with Gasteiger partial charge < -0.3 is 0 Å². The molecule has 0 saturated carbocycles. The number of pyridine rings is 2. The number of aryl methyl sites for hydroxylation is 1. The molecule has 2 heterocycles. The summed E-state index contributed by atoms with van der Waals surface area (Å²) in [6.07, 6.45) is 10.2. The average molecular weight is 275 g/mol. The first-order chi connectivity index (χ1) is 10.4. The van der Waals surface area contributed by atoms with Crippen molar-refractivity contribution in [2.45, 2.75) is 19.8 Å². The van der Waals surface area contributed by atoms with Gasteiger partial charge in [0.05, 0.1) is 0 Å². The molecule has 0 aliphatic heterocycles. The van der Waals surface area contributed by atoms with Gasteiger partial charge in [0.15, 0.2) is 12.4 Å². The van der Waals surface area contributed by atoms with Crippen LogP contribution in [0.4, 0.5) is 0 Å².